The average molecular weight is 326 g/mol. The van der Waals surface area contributed by atoms with E-state index in [1.54, 1.807) is 24.3 Å². The van der Waals surface area contributed by atoms with Gasteiger partial charge in [-0.15, -0.1) is 0 Å². The first-order valence-electron chi connectivity index (χ1n) is 7.35. The normalized spacial score (nSPS) is 10.4. The largest absolute Gasteiger partial charge is 0.491 e. The molecule has 0 aliphatic carbocycles. The van der Waals surface area contributed by atoms with E-state index in [-0.39, 0.29) is 13.0 Å². The number of aldehydes is 1. The monoisotopic (exact) mass is 326 g/mol. The molecule has 0 bridgehead atoms. The molecule has 0 fully saturated rings. The molecule has 1 aromatic carbocycles. The Hall–Kier alpha value is -1.96. The molecule has 7 nitrogen and oxygen atoms in total. The zero-order valence-corrected chi connectivity index (χ0v) is 12.9. The van der Waals surface area contributed by atoms with Gasteiger partial charge in [-0.25, -0.2) is 0 Å². The molecular formula is C16H22O7. The summed E-state index contributed by atoms with van der Waals surface area (Å²) in [7, 11) is 0. The summed E-state index contributed by atoms with van der Waals surface area (Å²) < 4.78 is 21.1. The van der Waals surface area contributed by atoms with Crippen LogP contribution in [0.1, 0.15) is 16.8 Å². The Morgan fingerprint density at radius 1 is 0.870 bits per heavy atom. The van der Waals surface area contributed by atoms with Crippen molar-refractivity contribution in [2.24, 2.45) is 0 Å². The number of carboxylic acid groups (broad SMARTS) is 1. The highest BCUT2D eigenvalue weighted by molar-refractivity contribution is 5.74. The summed E-state index contributed by atoms with van der Waals surface area (Å²) >= 11 is 0. The first-order chi connectivity index (χ1) is 11.2. The van der Waals surface area contributed by atoms with E-state index in [0.717, 1.165) is 6.29 Å². The summed E-state index contributed by atoms with van der Waals surface area (Å²) in [4.78, 5) is 20.7. The van der Waals surface area contributed by atoms with E-state index in [1.807, 2.05) is 0 Å². The van der Waals surface area contributed by atoms with E-state index < -0.39 is 5.97 Å². The number of ether oxygens (including phenoxy) is 4. The molecule has 23 heavy (non-hydrogen) atoms. The number of carbonyl (C=O) groups excluding carboxylic acids is 1. The molecule has 0 saturated heterocycles. The van der Waals surface area contributed by atoms with E-state index >= 15 is 0 Å². The van der Waals surface area contributed by atoms with Gasteiger partial charge in [0.25, 0.3) is 0 Å². The minimum atomic E-state index is -0.874. The molecule has 0 amide bonds. The van der Waals surface area contributed by atoms with Crippen LogP contribution in [-0.2, 0) is 19.0 Å². The van der Waals surface area contributed by atoms with Gasteiger partial charge in [0.1, 0.15) is 18.6 Å². The topological polar surface area (TPSA) is 91.3 Å². The van der Waals surface area contributed by atoms with Crippen molar-refractivity contribution in [2.75, 3.05) is 46.2 Å². The maximum absolute atomic E-state index is 10.5. The number of rotatable bonds is 14. The maximum Gasteiger partial charge on any atom is 0.305 e. The summed E-state index contributed by atoms with van der Waals surface area (Å²) in [6, 6.07) is 6.85. The molecule has 7 heteroatoms. The Morgan fingerprint density at radius 3 is 1.91 bits per heavy atom. The highest BCUT2D eigenvalue weighted by Crippen LogP contribution is 2.10. The van der Waals surface area contributed by atoms with Crippen LogP contribution in [0.25, 0.3) is 0 Å². The maximum atomic E-state index is 10.5. The van der Waals surface area contributed by atoms with Gasteiger partial charge in [-0.05, 0) is 24.3 Å². The minimum absolute atomic E-state index is 0.000975. The summed E-state index contributed by atoms with van der Waals surface area (Å²) in [5, 5.41) is 8.40. The van der Waals surface area contributed by atoms with Gasteiger partial charge >= 0.3 is 5.97 Å². The van der Waals surface area contributed by atoms with Crippen LogP contribution < -0.4 is 4.74 Å². The second kappa shape index (κ2) is 12.6. The number of carboxylic acids is 1. The first kappa shape index (κ1) is 19.1. The lowest BCUT2D eigenvalue weighted by molar-refractivity contribution is -0.138. The number of aliphatic carboxylic acids is 1. The van der Waals surface area contributed by atoms with Gasteiger partial charge in [0.15, 0.2) is 0 Å². The van der Waals surface area contributed by atoms with Gasteiger partial charge in [-0.3, -0.25) is 9.59 Å². The number of carbonyl (C=O) groups is 2. The molecule has 0 spiro atoms. The third kappa shape index (κ3) is 10.4. The Labute approximate surface area is 135 Å². The number of hydrogen-bond donors (Lipinski definition) is 1. The van der Waals surface area contributed by atoms with Crippen LogP contribution in [0, 0.1) is 0 Å². The lowest BCUT2D eigenvalue weighted by Crippen LogP contribution is -2.13. The third-order valence-electron chi connectivity index (χ3n) is 2.72. The van der Waals surface area contributed by atoms with E-state index in [1.165, 1.54) is 0 Å². The van der Waals surface area contributed by atoms with Gasteiger partial charge in [-0.1, -0.05) is 0 Å². The van der Waals surface area contributed by atoms with Crippen LogP contribution in [0.2, 0.25) is 0 Å². The van der Waals surface area contributed by atoms with Gasteiger partial charge in [-0.2, -0.15) is 0 Å². The molecule has 0 saturated carbocycles. The third-order valence-corrected chi connectivity index (χ3v) is 2.72. The van der Waals surface area contributed by atoms with E-state index in [2.05, 4.69) is 0 Å². The average Bonchev–Trinajstić information content (AvgIpc) is 2.56. The number of benzene rings is 1. The van der Waals surface area contributed by atoms with E-state index in [0.29, 0.717) is 51.0 Å². The molecular weight excluding hydrogens is 304 g/mol. The van der Waals surface area contributed by atoms with Crippen molar-refractivity contribution in [1.29, 1.82) is 0 Å². The fourth-order valence-electron chi connectivity index (χ4n) is 1.56. The van der Waals surface area contributed by atoms with Crippen molar-refractivity contribution in [2.45, 2.75) is 6.42 Å². The standard InChI is InChI=1S/C16H22O7/c17-13-14-1-3-15(4-2-14)23-12-11-22-10-9-21-8-7-20-6-5-16(18)19/h1-4,13H,5-12H2,(H,18,19). The molecule has 0 aromatic heterocycles. The van der Waals surface area contributed by atoms with Crippen LogP contribution in [-0.4, -0.2) is 63.6 Å². The van der Waals surface area contributed by atoms with Gasteiger partial charge in [0.2, 0.25) is 0 Å². The zero-order valence-electron chi connectivity index (χ0n) is 12.9. The van der Waals surface area contributed by atoms with Crippen molar-refractivity contribution in [3.05, 3.63) is 29.8 Å². The minimum Gasteiger partial charge on any atom is -0.491 e. The molecule has 1 aromatic rings. The van der Waals surface area contributed by atoms with Crippen LogP contribution in [0.4, 0.5) is 0 Å². The highest BCUT2D eigenvalue weighted by Gasteiger charge is 1.97. The molecule has 0 unspecified atom stereocenters. The summed E-state index contributed by atoms with van der Waals surface area (Å²) in [5.41, 5.74) is 0.609. The van der Waals surface area contributed by atoms with Crippen LogP contribution in [0.3, 0.4) is 0 Å². The van der Waals surface area contributed by atoms with Crippen LogP contribution >= 0.6 is 0 Å². The molecule has 0 atom stereocenters. The zero-order chi connectivity index (χ0) is 16.8. The van der Waals surface area contributed by atoms with Crippen molar-refractivity contribution in [3.8, 4) is 5.75 Å². The fourth-order valence-corrected chi connectivity index (χ4v) is 1.56. The van der Waals surface area contributed by atoms with E-state index in [9.17, 15) is 9.59 Å². The highest BCUT2D eigenvalue weighted by atomic mass is 16.6. The molecule has 1 rings (SSSR count). The molecule has 1 N–H and O–H groups in total. The predicted octanol–water partition coefficient (Wildman–Crippen LogP) is 1.40. The molecule has 0 aliphatic rings. The summed E-state index contributed by atoms with van der Waals surface area (Å²) in [6.07, 6.45) is 0.783. The van der Waals surface area contributed by atoms with Crippen LogP contribution in [0.15, 0.2) is 24.3 Å². The second-order valence-corrected chi connectivity index (χ2v) is 4.52. The molecule has 128 valence electrons. The first-order valence-corrected chi connectivity index (χ1v) is 7.35. The lowest BCUT2D eigenvalue weighted by atomic mass is 10.2. The van der Waals surface area contributed by atoms with Gasteiger partial charge in [0.05, 0.1) is 46.1 Å². The predicted molar refractivity (Wildman–Crippen MR) is 82.0 cm³/mol. The fraction of sp³-hybridized carbons (Fsp3) is 0.500. The number of hydrogen-bond acceptors (Lipinski definition) is 6. The smallest absolute Gasteiger partial charge is 0.305 e. The summed E-state index contributed by atoms with van der Waals surface area (Å²) in [5.74, 6) is -0.185. The lowest BCUT2D eigenvalue weighted by Gasteiger charge is -2.08. The molecule has 0 radical (unpaired) electrons. The Bertz CT molecular complexity index is 444. The Balaban J connectivity index is 1.86. The van der Waals surface area contributed by atoms with Gasteiger partial charge < -0.3 is 24.1 Å². The Kier molecular flexibility index (Phi) is 10.4. The summed E-state index contributed by atoms with van der Waals surface area (Å²) in [6.45, 7) is 2.71. The second-order valence-electron chi connectivity index (χ2n) is 4.52. The molecule has 0 heterocycles. The van der Waals surface area contributed by atoms with Crippen molar-refractivity contribution in [1.82, 2.24) is 0 Å². The quantitative estimate of drug-likeness (QED) is 0.408. The molecule has 0 aliphatic heterocycles. The SMILES string of the molecule is O=Cc1ccc(OCCOCCOCCOCCC(=O)O)cc1. The Morgan fingerprint density at radius 2 is 1.39 bits per heavy atom. The van der Waals surface area contributed by atoms with Crippen LogP contribution in [0.5, 0.6) is 5.75 Å². The van der Waals surface area contributed by atoms with E-state index in [4.69, 9.17) is 24.1 Å². The van der Waals surface area contributed by atoms with Crippen molar-refractivity contribution < 1.29 is 33.6 Å². The van der Waals surface area contributed by atoms with Gasteiger partial charge in [0, 0.05) is 5.56 Å². The van der Waals surface area contributed by atoms with Crippen molar-refractivity contribution >= 4 is 12.3 Å². The van der Waals surface area contributed by atoms with Crippen molar-refractivity contribution in [3.63, 3.8) is 0 Å².